The van der Waals surface area contributed by atoms with Gasteiger partial charge in [0.2, 0.25) is 10.0 Å². The van der Waals surface area contributed by atoms with E-state index in [9.17, 15) is 8.42 Å². The zero-order valence-corrected chi connectivity index (χ0v) is 17.3. The quantitative estimate of drug-likeness (QED) is 0.777. The van der Waals surface area contributed by atoms with Gasteiger partial charge in [-0.15, -0.1) is 12.4 Å². The van der Waals surface area contributed by atoms with E-state index < -0.39 is 10.0 Å². The summed E-state index contributed by atoms with van der Waals surface area (Å²) in [7, 11) is -3.12. The van der Waals surface area contributed by atoms with Crippen LogP contribution in [0.25, 0.3) is 0 Å². The zero-order chi connectivity index (χ0) is 17.4. The van der Waals surface area contributed by atoms with Gasteiger partial charge >= 0.3 is 0 Å². The maximum atomic E-state index is 12.9. The van der Waals surface area contributed by atoms with Crippen LogP contribution in [0.4, 0.5) is 0 Å². The van der Waals surface area contributed by atoms with Gasteiger partial charge in [0.25, 0.3) is 0 Å². The van der Waals surface area contributed by atoms with Crippen molar-refractivity contribution in [3.63, 3.8) is 0 Å². The first-order chi connectivity index (χ1) is 12.1. The molecule has 0 amide bonds. The molecule has 3 aliphatic rings. The van der Waals surface area contributed by atoms with E-state index in [1.165, 1.54) is 17.5 Å². The van der Waals surface area contributed by atoms with Gasteiger partial charge in [-0.1, -0.05) is 37.6 Å². The van der Waals surface area contributed by atoms with Crippen LogP contribution in [0.3, 0.4) is 0 Å². The van der Waals surface area contributed by atoms with Crippen molar-refractivity contribution >= 4 is 22.4 Å². The van der Waals surface area contributed by atoms with Gasteiger partial charge in [0.05, 0.1) is 5.75 Å². The number of rotatable bonds is 4. The molecule has 1 aromatic carbocycles. The Morgan fingerprint density at radius 1 is 1.19 bits per heavy atom. The minimum absolute atomic E-state index is 0. The molecule has 0 spiro atoms. The molecule has 0 radical (unpaired) electrons. The zero-order valence-electron chi connectivity index (χ0n) is 15.6. The van der Waals surface area contributed by atoms with Crippen LogP contribution in [0.2, 0.25) is 0 Å². The molecule has 3 heterocycles. The number of halogens is 1. The van der Waals surface area contributed by atoms with Crippen LogP contribution >= 0.6 is 12.4 Å². The Morgan fingerprint density at radius 3 is 2.81 bits per heavy atom. The summed E-state index contributed by atoms with van der Waals surface area (Å²) in [5.41, 5.74) is 2.89. The number of nitrogens with zero attached hydrogens (tertiary/aromatic N) is 2. The summed E-state index contributed by atoms with van der Waals surface area (Å²) in [5.74, 6) is 0.823. The minimum Gasteiger partial charge on any atom is -0.296 e. The molecular weight excluding hydrogens is 368 g/mol. The Kier molecular flexibility index (Phi) is 6.33. The summed E-state index contributed by atoms with van der Waals surface area (Å²) in [6, 6.07) is 9.35. The Labute approximate surface area is 164 Å². The van der Waals surface area contributed by atoms with E-state index in [2.05, 4.69) is 36.1 Å². The van der Waals surface area contributed by atoms with Gasteiger partial charge in [0.15, 0.2) is 0 Å². The van der Waals surface area contributed by atoms with Gasteiger partial charge in [0, 0.05) is 31.7 Å². The number of piperidine rings is 2. The van der Waals surface area contributed by atoms with Crippen molar-refractivity contribution in [1.29, 1.82) is 0 Å². The summed E-state index contributed by atoms with van der Waals surface area (Å²) >= 11 is 0. The molecule has 3 aliphatic heterocycles. The fourth-order valence-electron chi connectivity index (χ4n) is 5.14. The van der Waals surface area contributed by atoms with Crippen LogP contribution in [0.1, 0.15) is 56.2 Å². The standard InChI is InChI=1S/C20H30N2O2S.ClH/c1-2-3-13-25(23,24)22-11-6-8-17-15-21-12-10-16-7-4-5-9-18(16)20(21)14-19(17)22;/h4-5,7,9,17,19-20H,2-3,6,8,10-15H2,1H3;1H/t17-,19+,20+;/m1./s1. The number of fused-ring (bicyclic) bond motifs is 4. The van der Waals surface area contributed by atoms with E-state index in [0.29, 0.717) is 17.7 Å². The van der Waals surface area contributed by atoms with E-state index in [1.807, 2.05) is 4.31 Å². The van der Waals surface area contributed by atoms with Crippen LogP contribution in [-0.4, -0.2) is 49.1 Å². The highest BCUT2D eigenvalue weighted by atomic mass is 35.5. The third-order valence-electron chi connectivity index (χ3n) is 6.44. The van der Waals surface area contributed by atoms with Crippen LogP contribution in [-0.2, 0) is 16.4 Å². The lowest BCUT2D eigenvalue weighted by Gasteiger charge is -2.51. The molecule has 4 nitrogen and oxygen atoms in total. The fourth-order valence-corrected chi connectivity index (χ4v) is 7.11. The molecule has 0 unspecified atom stereocenters. The molecule has 0 saturated carbocycles. The normalized spacial score (nSPS) is 29.2. The Bertz CT molecular complexity index is 724. The second-order valence-electron chi connectivity index (χ2n) is 7.95. The van der Waals surface area contributed by atoms with E-state index in [1.54, 1.807) is 0 Å². The van der Waals surface area contributed by atoms with Gasteiger partial charge < -0.3 is 0 Å². The number of sulfonamides is 1. The molecule has 146 valence electrons. The summed E-state index contributed by atoms with van der Waals surface area (Å²) in [6.07, 6.45) is 5.99. The van der Waals surface area contributed by atoms with Crippen LogP contribution in [0, 0.1) is 5.92 Å². The van der Waals surface area contributed by atoms with Crippen molar-refractivity contribution in [2.75, 3.05) is 25.4 Å². The second kappa shape index (κ2) is 8.17. The predicted octanol–water partition coefficient (Wildman–Crippen LogP) is 3.62. The first kappa shape index (κ1) is 20.1. The van der Waals surface area contributed by atoms with Gasteiger partial charge in [-0.3, -0.25) is 4.90 Å². The molecule has 3 atom stereocenters. The van der Waals surface area contributed by atoms with Gasteiger partial charge in [0.1, 0.15) is 0 Å². The van der Waals surface area contributed by atoms with Crippen molar-refractivity contribution in [3.8, 4) is 0 Å². The molecule has 6 heteroatoms. The highest BCUT2D eigenvalue weighted by Gasteiger charge is 2.45. The third-order valence-corrected chi connectivity index (χ3v) is 8.41. The van der Waals surface area contributed by atoms with E-state index in [4.69, 9.17) is 0 Å². The Morgan fingerprint density at radius 2 is 2.00 bits per heavy atom. The number of benzene rings is 1. The molecular formula is C20H31ClN2O2S. The van der Waals surface area contributed by atoms with Crippen LogP contribution in [0.5, 0.6) is 0 Å². The largest absolute Gasteiger partial charge is 0.296 e. The second-order valence-corrected chi connectivity index (χ2v) is 9.99. The molecule has 0 N–H and O–H groups in total. The third kappa shape index (κ3) is 3.68. The smallest absolute Gasteiger partial charge is 0.214 e. The Balaban J connectivity index is 0.00000196. The first-order valence-corrected chi connectivity index (χ1v) is 11.5. The summed E-state index contributed by atoms with van der Waals surface area (Å²) in [6.45, 7) is 4.96. The number of hydrogen-bond donors (Lipinski definition) is 0. The maximum absolute atomic E-state index is 12.9. The minimum atomic E-state index is -3.12. The average molecular weight is 399 g/mol. The molecule has 0 aromatic heterocycles. The molecule has 0 bridgehead atoms. The Hall–Kier alpha value is -0.620. The molecule has 26 heavy (non-hydrogen) atoms. The van der Waals surface area contributed by atoms with E-state index >= 15 is 0 Å². The predicted molar refractivity (Wildman–Crippen MR) is 108 cm³/mol. The van der Waals surface area contributed by atoms with Crippen LogP contribution < -0.4 is 0 Å². The van der Waals surface area contributed by atoms with Crippen LogP contribution in [0.15, 0.2) is 24.3 Å². The SMILES string of the molecule is CCCCS(=O)(=O)N1CCC[C@@H]2CN3CCc4ccccc4[C@@H]3C[C@@H]21.Cl. The lowest BCUT2D eigenvalue weighted by molar-refractivity contribution is 0.0220. The van der Waals surface area contributed by atoms with Crippen molar-refractivity contribution < 1.29 is 8.42 Å². The molecule has 4 rings (SSSR count). The van der Waals surface area contributed by atoms with Crippen molar-refractivity contribution in [3.05, 3.63) is 35.4 Å². The summed E-state index contributed by atoms with van der Waals surface area (Å²) in [5, 5.41) is 0. The van der Waals surface area contributed by atoms with E-state index in [-0.39, 0.29) is 18.4 Å². The summed E-state index contributed by atoms with van der Waals surface area (Å²) in [4.78, 5) is 2.62. The summed E-state index contributed by atoms with van der Waals surface area (Å²) < 4.78 is 27.7. The monoisotopic (exact) mass is 398 g/mol. The molecule has 0 aliphatic carbocycles. The molecule has 2 saturated heterocycles. The van der Waals surface area contributed by atoms with Gasteiger partial charge in [-0.25, -0.2) is 8.42 Å². The fraction of sp³-hybridized carbons (Fsp3) is 0.700. The lowest BCUT2D eigenvalue weighted by atomic mass is 9.77. The molecule has 2 fully saturated rings. The van der Waals surface area contributed by atoms with Crippen molar-refractivity contribution in [2.24, 2.45) is 5.92 Å². The average Bonchev–Trinajstić information content (AvgIpc) is 2.64. The number of hydrogen-bond acceptors (Lipinski definition) is 3. The van der Waals surface area contributed by atoms with E-state index in [0.717, 1.165) is 51.7 Å². The number of unbranched alkanes of at least 4 members (excludes halogenated alkanes) is 1. The first-order valence-electron chi connectivity index (χ1n) is 9.91. The topological polar surface area (TPSA) is 40.6 Å². The van der Waals surface area contributed by atoms with Gasteiger partial charge in [-0.2, -0.15) is 4.31 Å². The molecule has 1 aromatic rings. The van der Waals surface area contributed by atoms with Crippen molar-refractivity contribution in [1.82, 2.24) is 9.21 Å². The lowest BCUT2D eigenvalue weighted by Crippen LogP contribution is -2.57. The maximum Gasteiger partial charge on any atom is 0.214 e. The van der Waals surface area contributed by atoms with Gasteiger partial charge in [-0.05, 0) is 49.1 Å². The van der Waals surface area contributed by atoms with Crippen molar-refractivity contribution in [2.45, 2.75) is 57.5 Å². The highest BCUT2D eigenvalue weighted by Crippen LogP contribution is 2.43. The highest BCUT2D eigenvalue weighted by molar-refractivity contribution is 7.89.